The molecule has 5 rings (SSSR count). The Morgan fingerprint density at radius 3 is 2.15 bits per heavy atom. The van der Waals surface area contributed by atoms with Crippen LogP contribution in [0.4, 0.5) is 23.2 Å². The molecule has 1 heterocycles. The summed E-state index contributed by atoms with van der Waals surface area (Å²) in [5.41, 5.74) is -2.49. The summed E-state index contributed by atoms with van der Waals surface area (Å²) in [6.45, 7) is 0. The van der Waals surface area contributed by atoms with Gasteiger partial charge in [-0.15, -0.1) is 0 Å². The van der Waals surface area contributed by atoms with Crippen molar-refractivity contribution >= 4 is 31.6 Å². The van der Waals surface area contributed by atoms with E-state index in [1.54, 1.807) is 18.2 Å². The first-order chi connectivity index (χ1) is 15.4. The van der Waals surface area contributed by atoms with Gasteiger partial charge < -0.3 is 5.11 Å². The van der Waals surface area contributed by atoms with Gasteiger partial charge in [0.05, 0.1) is 16.6 Å². The van der Waals surface area contributed by atoms with Crippen molar-refractivity contribution in [3.8, 4) is 0 Å². The highest BCUT2D eigenvalue weighted by atomic mass is 79.9. The second kappa shape index (κ2) is 7.42. The molecule has 2 saturated carbocycles. The van der Waals surface area contributed by atoms with E-state index in [0.29, 0.717) is 15.7 Å². The fraction of sp³-hybridized carbons (Fsp3) is 0.478. The molecule has 33 heavy (non-hydrogen) atoms. The summed E-state index contributed by atoms with van der Waals surface area (Å²) in [5.74, 6) is -0.558. The number of anilines is 1. The molecule has 0 radical (unpaired) electrons. The number of benzene rings is 2. The van der Waals surface area contributed by atoms with E-state index in [1.807, 2.05) is 0 Å². The molecule has 1 aliphatic heterocycles. The third-order valence-corrected chi connectivity index (χ3v) is 9.79. The molecule has 3 aliphatic rings. The fourth-order valence-electron chi connectivity index (χ4n) is 5.64. The van der Waals surface area contributed by atoms with E-state index >= 15 is 0 Å². The average Bonchev–Trinajstić information content (AvgIpc) is 3.54. The van der Waals surface area contributed by atoms with Crippen molar-refractivity contribution in [2.75, 3.05) is 4.31 Å². The Kier molecular flexibility index (Phi) is 5.20. The molecule has 0 aromatic heterocycles. The van der Waals surface area contributed by atoms with E-state index in [4.69, 9.17) is 0 Å². The second-order valence-electron chi connectivity index (χ2n) is 9.38. The number of halogens is 5. The van der Waals surface area contributed by atoms with Crippen molar-refractivity contribution in [1.82, 2.24) is 0 Å². The molecule has 178 valence electrons. The zero-order chi connectivity index (χ0) is 23.8. The van der Waals surface area contributed by atoms with Crippen molar-refractivity contribution in [3.05, 3.63) is 58.3 Å². The van der Waals surface area contributed by atoms with E-state index in [0.717, 1.165) is 25.0 Å². The lowest BCUT2D eigenvalue weighted by atomic mass is 9.62. The lowest BCUT2D eigenvalue weighted by Gasteiger charge is -2.47. The van der Waals surface area contributed by atoms with Crippen molar-refractivity contribution in [1.29, 1.82) is 0 Å². The maximum atomic E-state index is 13.8. The molecular formula is C23H22BrF4NO3S. The Bertz CT molecular complexity index is 1190. The lowest BCUT2D eigenvalue weighted by molar-refractivity contribution is -0.273. The summed E-state index contributed by atoms with van der Waals surface area (Å²) in [5, 5.41) is 10.3. The molecule has 10 heteroatoms. The normalized spacial score (nSPS) is 30.0. The molecular weight excluding hydrogens is 526 g/mol. The van der Waals surface area contributed by atoms with Gasteiger partial charge >= 0.3 is 6.18 Å². The third-order valence-electron chi connectivity index (χ3n) is 7.49. The Balaban J connectivity index is 1.65. The SMILES string of the molecule is O=S(=O)(c1ccc(F)cc1)N1c2ccc(Br)cc2C2(CCC(O)(C(F)(F)F)CC2)C1C1CC1. The standard InChI is InChI=1S/C23H22BrF4NO3S/c24-15-3-8-19-18(13-15)21(9-11-22(30,12-10-21)23(26,27)28)20(14-1-2-14)29(19)33(31,32)17-6-4-16(25)5-7-17/h3-8,13-14,20,30H,1-2,9-12H2. The molecule has 1 atom stereocenters. The van der Waals surface area contributed by atoms with Crippen LogP contribution < -0.4 is 4.31 Å². The number of aliphatic hydroxyl groups is 1. The van der Waals surface area contributed by atoms with Crippen LogP contribution in [0.5, 0.6) is 0 Å². The predicted octanol–water partition coefficient (Wildman–Crippen LogP) is 5.68. The largest absolute Gasteiger partial charge is 0.417 e. The molecule has 2 fully saturated rings. The van der Waals surface area contributed by atoms with Crippen LogP contribution in [0.25, 0.3) is 0 Å². The van der Waals surface area contributed by atoms with Crippen LogP contribution in [0.15, 0.2) is 51.8 Å². The van der Waals surface area contributed by atoms with Gasteiger partial charge in [0.15, 0.2) is 5.60 Å². The van der Waals surface area contributed by atoms with Crippen LogP contribution >= 0.6 is 15.9 Å². The maximum absolute atomic E-state index is 13.8. The van der Waals surface area contributed by atoms with Gasteiger partial charge in [-0.05, 0) is 92.5 Å². The molecule has 0 amide bonds. The lowest BCUT2D eigenvalue weighted by Crippen LogP contribution is -2.56. The predicted molar refractivity (Wildman–Crippen MR) is 118 cm³/mol. The summed E-state index contributed by atoms with van der Waals surface area (Å²) in [4.78, 5) is -0.0666. The molecule has 1 spiro atoms. The quantitative estimate of drug-likeness (QED) is 0.503. The van der Waals surface area contributed by atoms with Gasteiger partial charge in [-0.3, -0.25) is 4.31 Å². The van der Waals surface area contributed by atoms with Gasteiger partial charge in [-0.1, -0.05) is 15.9 Å². The minimum atomic E-state index is -4.75. The number of rotatable bonds is 3. The number of alkyl halides is 3. The summed E-state index contributed by atoms with van der Waals surface area (Å²) in [6, 6.07) is 9.20. The van der Waals surface area contributed by atoms with Crippen LogP contribution in [-0.2, 0) is 15.4 Å². The van der Waals surface area contributed by atoms with Crippen molar-refractivity contribution in [2.45, 2.75) is 66.7 Å². The van der Waals surface area contributed by atoms with Crippen molar-refractivity contribution in [2.24, 2.45) is 5.92 Å². The smallest absolute Gasteiger partial charge is 0.380 e. The maximum Gasteiger partial charge on any atom is 0.417 e. The highest BCUT2D eigenvalue weighted by Crippen LogP contribution is 2.62. The minimum Gasteiger partial charge on any atom is -0.380 e. The van der Waals surface area contributed by atoms with E-state index in [-0.39, 0.29) is 23.7 Å². The summed E-state index contributed by atoms with van der Waals surface area (Å²) >= 11 is 3.43. The molecule has 2 aromatic carbocycles. The topological polar surface area (TPSA) is 57.6 Å². The first kappa shape index (κ1) is 23.1. The minimum absolute atomic E-state index is 0.00322. The Labute approximate surface area is 197 Å². The first-order valence-corrected chi connectivity index (χ1v) is 13.0. The Hall–Kier alpha value is -1.65. The highest BCUT2D eigenvalue weighted by molar-refractivity contribution is 9.10. The van der Waals surface area contributed by atoms with Crippen molar-refractivity contribution in [3.63, 3.8) is 0 Å². The van der Waals surface area contributed by atoms with Gasteiger partial charge in [0.2, 0.25) is 0 Å². The van der Waals surface area contributed by atoms with Crippen molar-refractivity contribution < 1.29 is 31.1 Å². The molecule has 1 N–H and O–H groups in total. The van der Waals surface area contributed by atoms with Crippen LogP contribution in [0.2, 0.25) is 0 Å². The fourth-order valence-corrected chi connectivity index (χ4v) is 7.80. The third kappa shape index (κ3) is 3.51. The van der Waals surface area contributed by atoms with Gasteiger partial charge in [0, 0.05) is 9.89 Å². The Morgan fingerprint density at radius 1 is 1.00 bits per heavy atom. The molecule has 0 saturated heterocycles. The van der Waals surface area contributed by atoms with Crippen LogP contribution in [0.3, 0.4) is 0 Å². The summed E-state index contributed by atoms with van der Waals surface area (Å²) in [7, 11) is -4.10. The molecule has 2 aromatic rings. The summed E-state index contributed by atoms with van der Waals surface area (Å²) < 4.78 is 83.8. The number of fused-ring (bicyclic) bond motifs is 2. The highest BCUT2D eigenvalue weighted by Gasteiger charge is 2.64. The van der Waals surface area contributed by atoms with Crippen LogP contribution in [0.1, 0.15) is 44.1 Å². The van der Waals surface area contributed by atoms with Gasteiger partial charge in [-0.25, -0.2) is 12.8 Å². The molecule has 4 nitrogen and oxygen atoms in total. The summed E-state index contributed by atoms with van der Waals surface area (Å²) in [6.07, 6.45) is -4.14. The van der Waals surface area contributed by atoms with E-state index in [2.05, 4.69) is 15.9 Å². The zero-order valence-corrected chi connectivity index (χ0v) is 19.9. The number of hydrogen-bond donors (Lipinski definition) is 1. The number of nitrogens with zero attached hydrogens (tertiary/aromatic N) is 1. The number of hydrogen-bond acceptors (Lipinski definition) is 3. The van der Waals surface area contributed by atoms with Gasteiger partial charge in [0.1, 0.15) is 5.82 Å². The second-order valence-corrected chi connectivity index (χ2v) is 12.1. The van der Waals surface area contributed by atoms with E-state index in [9.17, 15) is 31.1 Å². The zero-order valence-electron chi connectivity index (χ0n) is 17.4. The van der Waals surface area contributed by atoms with E-state index in [1.165, 1.54) is 16.4 Å². The van der Waals surface area contributed by atoms with Gasteiger partial charge in [-0.2, -0.15) is 13.2 Å². The molecule has 0 bridgehead atoms. The first-order valence-electron chi connectivity index (χ1n) is 10.8. The average molecular weight is 548 g/mol. The number of sulfonamides is 1. The Morgan fingerprint density at radius 2 is 1.61 bits per heavy atom. The molecule has 1 unspecified atom stereocenters. The molecule has 2 aliphatic carbocycles. The van der Waals surface area contributed by atoms with Gasteiger partial charge in [0.25, 0.3) is 10.0 Å². The van der Waals surface area contributed by atoms with E-state index < -0.39 is 51.9 Å². The van der Waals surface area contributed by atoms with Crippen LogP contribution in [-0.4, -0.2) is 31.3 Å². The monoisotopic (exact) mass is 547 g/mol. The van der Waals surface area contributed by atoms with Crippen LogP contribution in [0, 0.1) is 11.7 Å².